The molecule has 14 heteroatoms. The van der Waals surface area contributed by atoms with E-state index in [1.54, 1.807) is 15.9 Å². The number of carbonyl (C=O) groups is 2. The van der Waals surface area contributed by atoms with Crippen LogP contribution in [0.15, 0.2) is 40.9 Å². The Bertz CT molecular complexity index is 1400. The highest BCUT2D eigenvalue weighted by Crippen LogP contribution is 2.35. The second-order valence-corrected chi connectivity index (χ2v) is 10.2. The first-order valence-electron chi connectivity index (χ1n) is 13.7. The van der Waals surface area contributed by atoms with E-state index < -0.39 is 35.2 Å². The number of rotatable bonds is 6. The van der Waals surface area contributed by atoms with E-state index in [0.717, 1.165) is 31.4 Å². The Hall–Kier alpha value is -4.23. The van der Waals surface area contributed by atoms with Gasteiger partial charge in [0.1, 0.15) is 17.5 Å². The van der Waals surface area contributed by atoms with Gasteiger partial charge in [0.05, 0.1) is 18.3 Å². The van der Waals surface area contributed by atoms with Crippen molar-refractivity contribution in [2.45, 2.75) is 38.3 Å². The summed E-state index contributed by atoms with van der Waals surface area (Å²) in [6.07, 6.45) is -0.813. The molecule has 2 aliphatic heterocycles. The fraction of sp³-hybridized carbons (Fsp3) is 0.429. The minimum absolute atomic E-state index is 0.159. The van der Waals surface area contributed by atoms with Gasteiger partial charge >= 0.3 is 6.18 Å². The molecule has 0 radical (unpaired) electrons. The fourth-order valence-corrected chi connectivity index (χ4v) is 5.07. The van der Waals surface area contributed by atoms with E-state index in [1.807, 2.05) is 4.90 Å². The maximum absolute atomic E-state index is 14.0. The molecule has 0 spiro atoms. The number of amides is 2. The first kappa shape index (κ1) is 29.3. The van der Waals surface area contributed by atoms with Crippen molar-refractivity contribution in [2.75, 3.05) is 54.4 Å². The van der Waals surface area contributed by atoms with Crippen molar-refractivity contribution in [3.8, 4) is 0 Å². The smallest absolute Gasteiger partial charge is 0.417 e. The molecule has 4 heterocycles. The Morgan fingerprint density at radius 1 is 0.881 bits per heavy atom. The van der Waals surface area contributed by atoms with Crippen molar-refractivity contribution < 1.29 is 36.0 Å². The van der Waals surface area contributed by atoms with Crippen LogP contribution in [0.5, 0.6) is 0 Å². The molecule has 3 aromatic rings. The number of nitrogens with one attached hydrogen (secondary N) is 1. The minimum Gasteiger partial charge on any atom is -0.417 e. The van der Waals surface area contributed by atoms with Gasteiger partial charge in [0.25, 0.3) is 11.9 Å². The number of hydrogen-bond donors (Lipinski definition) is 1. The first-order valence-corrected chi connectivity index (χ1v) is 13.7. The molecule has 0 atom stereocenters. The lowest BCUT2D eigenvalue weighted by molar-refractivity contribution is -0.141. The Balaban J connectivity index is 1.21. The van der Waals surface area contributed by atoms with Crippen molar-refractivity contribution in [3.05, 3.63) is 65.2 Å². The largest absolute Gasteiger partial charge is 0.437 e. The lowest BCUT2D eigenvalue weighted by Crippen LogP contribution is -2.36. The summed E-state index contributed by atoms with van der Waals surface area (Å²) in [5.74, 6) is -3.40. The summed E-state index contributed by atoms with van der Waals surface area (Å²) in [7, 11) is 0. The van der Waals surface area contributed by atoms with Crippen molar-refractivity contribution >= 4 is 29.3 Å². The molecule has 2 aromatic heterocycles. The van der Waals surface area contributed by atoms with Gasteiger partial charge in [0.15, 0.2) is 5.69 Å². The van der Waals surface area contributed by atoms with Crippen molar-refractivity contribution in [1.29, 1.82) is 0 Å². The summed E-state index contributed by atoms with van der Waals surface area (Å²) in [6, 6.07) is 6.35. The van der Waals surface area contributed by atoms with Gasteiger partial charge in [-0.15, -0.1) is 0 Å². The molecule has 2 fully saturated rings. The minimum atomic E-state index is -4.88. The van der Waals surface area contributed by atoms with Crippen LogP contribution >= 0.6 is 0 Å². The molecule has 42 heavy (non-hydrogen) atoms. The molecule has 0 unspecified atom stereocenters. The zero-order valence-electron chi connectivity index (χ0n) is 22.6. The number of hydrogen-bond acceptors (Lipinski definition) is 7. The van der Waals surface area contributed by atoms with E-state index in [2.05, 4.69) is 15.3 Å². The molecule has 224 valence electrons. The molecule has 5 rings (SSSR count). The maximum Gasteiger partial charge on any atom is 0.437 e. The summed E-state index contributed by atoms with van der Waals surface area (Å²) in [6.45, 7) is 2.64. The molecule has 0 bridgehead atoms. The van der Waals surface area contributed by atoms with Crippen LogP contribution in [-0.4, -0.2) is 66.0 Å². The van der Waals surface area contributed by atoms with Crippen LogP contribution in [0.1, 0.15) is 47.5 Å². The Morgan fingerprint density at radius 2 is 1.60 bits per heavy atom. The molecule has 9 nitrogen and oxygen atoms in total. The normalized spacial score (nSPS) is 16.4. The van der Waals surface area contributed by atoms with Crippen LogP contribution < -0.4 is 15.1 Å². The van der Waals surface area contributed by atoms with E-state index in [4.69, 9.17) is 4.42 Å². The third-order valence-corrected chi connectivity index (χ3v) is 7.29. The van der Waals surface area contributed by atoms with Gasteiger partial charge in [-0.1, -0.05) is 6.07 Å². The van der Waals surface area contributed by atoms with Crippen LogP contribution in [0.2, 0.25) is 0 Å². The predicted octanol–water partition coefficient (Wildman–Crippen LogP) is 4.89. The van der Waals surface area contributed by atoms with E-state index in [0.29, 0.717) is 51.5 Å². The number of pyridine rings is 1. The van der Waals surface area contributed by atoms with E-state index in [-0.39, 0.29) is 29.6 Å². The molecule has 1 N–H and O–H groups in total. The van der Waals surface area contributed by atoms with Gasteiger partial charge in [-0.2, -0.15) is 18.2 Å². The number of carbonyl (C=O) groups excluding carboxylic acids is 2. The number of nitrogens with zero attached hydrogens (tertiary/aromatic N) is 5. The molecule has 0 aliphatic carbocycles. The Kier molecular flexibility index (Phi) is 8.59. The number of alkyl halides is 3. The number of anilines is 3. The van der Waals surface area contributed by atoms with Crippen molar-refractivity contribution in [1.82, 2.24) is 14.9 Å². The van der Waals surface area contributed by atoms with Crippen LogP contribution in [0.4, 0.5) is 39.5 Å². The molecule has 2 saturated heterocycles. The number of halogens is 5. The Morgan fingerprint density at radius 3 is 2.26 bits per heavy atom. The number of aromatic nitrogens is 2. The van der Waals surface area contributed by atoms with Gasteiger partial charge < -0.3 is 24.4 Å². The summed E-state index contributed by atoms with van der Waals surface area (Å²) in [5, 5.41) is 2.40. The zero-order valence-corrected chi connectivity index (χ0v) is 22.6. The first-order chi connectivity index (χ1) is 20.1. The molecule has 2 aliphatic rings. The summed E-state index contributed by atoms with van der Waals surface area (Å²) >= 11 is 0. The third kappa shape index (κ3) is 6.63. The SMILES string of the molecule is O=C(Nc1ccc(N2CCCN(C(=O)Cc3c(F)cccc3F)CC2)nc1)c1oc(N2CCCCC2)nc1C(F)(F)F. The van der Waals surface area contributed by atoms with Gasteiger partial charge in [0.2, 0.25) is 11.7 Å². The van der Waals surface area contributed by atoms with Gasteiger partial charge in [-0.05, 0) is 49.9 Å². The maximum atomic E-state index is 14.0. The lowest BCUT2D eigenvalue weighted by atomic mass is 10.1. The van der Waals surface area contributed by atoms with Crippen LogP contribution in [0.25, 0.3) is 0 Å². The molecule has 2 amide bonds. The second kappa shape index (κ2) is 12.3. The van der Waals surface area contributed by atoms with Crippen LogP contribution in [-0.2, 0) is 17.4 Å². The Labute approximate surface area is 238 Å². The lowest BCUT2D eigenvalue weighted by Gasteiger charge is -2.24. The highest BCUT2D eigenvalue weighted by molar-refractivity contribution is 6.03. The van der Waals surface area contributed by atoms with Crippen LogP contribution in [0, 0.1) is 11.6 Å². The van der Waals surface area contributed by atoms with E-state index in [1.165, 1.54) is 18.3 Å². The van der Waals surface area contributed by atoms with Gasteiger partial charge in [0, 0.05) is 44.8 Å². The van der Waals surface area contributed by atoms with Gasteiger partial charge in [-0.25, -0.2) is 13.8 Å². The zero-order chi connectivity index (χ0) is 29.9. The monoisotopic (exact) mass is 592 g/mol. The summed E-state index contributed by atoms with van der Waals surface area (Å²) in [4.78, 5) is 38.5. The van der Waals surface area contributed by atoms with Crippen LogP contribution in [0.3, 0.4) is 0 Å². The molecule has 1 aromatic carbocycles. The number of piperidine rings is 1. The van der Waals surface area contributed by atoms with Gasteiger partial charge in [-0.3, -0.25) is 9.59 Å². The van der Waals surface area contributed by atoms with Crippen molar-refractivity contribution in [3.63, 3.8) is 0 Å². The average molecular weight is 593 g/mol. The third-order valence-electron chi connectivity index (χ3n) is 7.29. The molecular weight excluding hydrogens is 563 g/mol. The highest BCUT2D eigenvalue weighted by Gasteiger charge is 2.42. The number of oxazole rings is 1. The standard InChI is InChI=1S/C28H29F5N6O3/c29-20-6-4-7-21(30)19(20)16-23(40)38-13-5-12-37(14-15-38)22-9-8-18(17-34-22)35-26(41)24-25(28(31,32)33)36-27(42-24)39-10-2-1-3-11-39/h4,6-9,17H,1-3,5,10-16H2,(H,35,41). The quantitative estimate of drug-likeness (QED) is 0.408. The van der Waals surface area contributed by atoms with E-state index >= 15 is 0 Å². The van der Waals surface area contributed by atoms with Crippen molar-refractivity contribution in [2.24, 2.45) is 0 Å². The fourth-order valence-electron chi connectivity index (χ4n) is 5.07. The molecular formula is C28H29F5N6O3. The van der Waals surface area contributed by atoms with E-state index in [9.17, 15) is 31.5 Å². The summed E-state index contributed by atoms with van der Waals surface area (Å²) < 4.78 is 74.2. The summed E-state index contributed by atoms with van der Waals surface area (Å²) in [5.41, 5.74) is -1.49. The highest BCUT2D eigenvalue weighted by atomic mass is 19.4. The molecule has 0 saturated carbocycles. The topological polar surface area (TPSA) is 94.8 Å². The number of benzene rings is 1. The predicted molar refractivity (Wildman–Crippen MR) is 143 cm³/mol. The second-order valence-electron chi connectivity index (χ2n) is 10.2. The average Bonchev–Trinajstić information content (AvgIpc) is 3.29.